The van der Waals surface area contributed by atoms with Crippen LogP contribution in [0.1, 0.15) is 10.4 Å². The molecule has 0 aliphatic carbocycles. The molecule has 7 heteroatoms. The van der Waals surface area contributed by atoms with Crippen molar-refractivity contribution in [3.63, 3.8) is 0 Å². The van der Waals surface area contributed by atoms with Crippen molar-refractivity contribution in [3.8, 4) is 17.2 Å². The smallest absolute Gasteiger partial charge is 0.343 e. The molecule has 0 spiro atoms. The van der Waals surface area contributed by atoms with Gasteiger partial charge in [-0.2, -0.15) is 5.10 Å². The van der Waals surface area contributed by atoms with Gasteiger partial charge in [-0.1, -0.05) is 0 Å². The first-order valence-electron chi connectivity index (χ1n) is 5.76. The number of rotatable bonds is 4. The summed E-state index contributed by atoms with van der Waals surface area (Å²) in [6.07, 6.45) is 1.35. The fourth-order valence-electron chi connectivity index (χ4n) is 1.78. The number of nitrogen functional groups attached to an aromatic ring is 1. The van der Waals surface area contributed by atoms with Crippen molar-refractivity contribution in [1.82, 2.24) is 9.78 Å². The molecule has 2 aromatic rings. The van der Waals surface area contributed by atoms with Crippen molar-refractivity contribution in [1.29, 1.82) is 0 Å². The lowest BCUT2D eigenvalue weighted by atomic mass is 10.2. The highest BCUT2D eigenvalue weighted by molar-refractivity contribution is 5.94. The zero-order valence-corrected chi connectivity index (χ0v) is 11.4. The molecule has 1 heterocycles. The predicted octanol–water partition coefficient (Wildman–Crippen LogP) is 1.26. The summed E-state index contributed by atoms with van der Waals surface area (Å²) >= 11 is 0. The molecule has 0 fully saturated rings. The summed E-state index contributed by atoms with van der Waals surface area (Å²) in [7, 11) is 4.37. The minimum absolute atomic E-state index is 0.170. The molecule has 0 bridgehead atoms. The highest BCUT2D eigenvalue weighted by atomic mass is 16.5. The first-order valence-corrected chi connectivity index (χ1v) is 5.76. The Hall–Kier alpha value is -2.70. The summed E-state index contributed by atoms with van der Waals surface area (Å²) in [6, 6.07) is 5.19. The van der Waals surface area contributed by atoms with E-state index in [4.69, 9.17) is 15.2 Å². The number of anilines is 1. The number of nitrogens with two attached hydrogens (primary N) is 1. The summed E-state index contributed by atoms with van der Waals surface area (Å²) in [5.74, 6) is 0.798. The van der Waals surface area contributed by atoms with Crippen LogP contribution in [0.4, 0.5) is 5.82 Å². The first-order chi connectivity index (χ1) is 9.62. The van der Waals surface area contributed by atoms with Crippen LogP contribution in [0.3, 0.4) is 0 Å². The second kappa shape index (κ2) is 5.52. The fourth-order valence-corrected chi connectivity index (χ4v) is 1.78. The van der Waals surface area contributed by atoms with Crippen molar-refractivity contribution in [2.75, 3.05) is 27.1 Å². The van der Waals surface area contributed by atoms with Gasteiger partial charge in [0.1, 0.15) is 28.6 Å². The average molecular weight is 277 g/mol. The van der Waals surface area contributed by atoms with Crippen LogP contribution in [0.2, 0.25) is 0 Å². The largest absolute Gasteiger partial charge is 0.497 e. The standard InChI is InChI=1S/C13H15N3O4/c1-18-8-4-5-11(19-2)10(6-8)16-12(14)9(7-15-16)13(17)20-3/h4-7H,14H2,1-3H3. The lowest BCUT2D eigenvalue weighted by molar-refractivity contribution is 0.0602. The Labute approximate surface area is 115 Å². The third-order valence-corrected chi connectivity index (χ3v) is 2.83. The van der Waals surface area contributed by atoms with Crippen LogP contribution >= 0.6 is 0 Å². The maximum absolute atomic E-state index is 11.5. The molecule has 0 saturated heterocycles. The molecule has 1 aromatic carbocycles. The monoisotopic (exact) mass is 277 g/mol. The molecule has 0 aliphatic rings. The molecule has 0 atom stereocenters. The SMILES string of the molecule is COC(=O)c1cnn(-c2cc(OC)ccc2OC)c1N. The highest BCUT2D eigenvalue weighted by Crippen LogP contribution is 2.29. The molecule has 0 unspecified atom stereocenters. The number of carbonyl (C=O) groups excluding carboxylic acids is 1. The van der Waals surface area contributed by atoms with Crippen LogP contribution < -0.4 is 15.2 Å². The number of carbonyl (C=O) groups is 1. The second-order valence-corrected chi connectivity index (χ2v) is 3.88. The molecule has 1 aromatic heterocycles. The van der Waals surface area contributed by atoms with E-state index in [1.807, 2.05) is 0 Å². The van der Waals surface area contributed by atoms with E-state index in [-0.39, 0.29) is 11.4 Å². The number of ether oxygens (including phenoxy) is 3. The summed E-state index contributed by atoms with van der Waals surface area (Å²) in [4.78, 5) is 11.5. The number of benzene rings is 1. The van der Waals surface area contributed by atoms with Gasteiger partial charge in [0.05, 0.1) is 27.5 Å². The van der Waals surface area contributed by atoms with Crippen molar-refractivity contribution >= 4 is 11.8 Å². The molecule has 0 saturated carbocycles. The van der Waals surface area contributed by atoms with Gasteiger partial charge in [-0.05, 0) is 12.1 Å². The topological polar surface area (TPSA) is 88.6 Å². The molecule has 20 heavy (non-hydrogen) atoms. The third-order valence-electron chi connectivity index (χ3n) is 2.83. The van der Waals surface area contributed by atoms with Crippen molar-refractivity contribution < 1.29 is 19.0 Å². The van der Waals surface area contributed by atoms with E-state index in [1.165, 1.54) is 25.1 Å². The molecule has 106 valence electrons. The van der Waals surface area contributed by atoms with Gasteiger partial charge >= 0.3 is 5.97 Å². The van der Waals surface area contributed by atoms with Gasteiger partial charge in [-0.3, -0.25) is 0 Å². The Kier molecular flexibility index (Phi) is 3.79. The van der Waals surface area contributed by atoms with E-state index in [9.17, 15) is 4.79 Å². The van der Waals surface area contributed by atoms with E-state index >= 15 is 0 Å². The van der Waals surface area contributed by atoms with E-state index in [1.54, 1.807) is 25.3 Å². The molecular weight excluding hydrogens is 262 g/mol. The quantitative estimate of drug-likeness (QED) is 0.846. The minimum Gasteiger partial charge on any atom is -0.497 e. The first kappa shape index (κ1) is 13.7. The summed E-state index contributed by atoms with van der Waals surface area (Å²) in [5.41, 5.74) is 6.69. The number of nitrogens with zero attached hydrogens (tertiary/aromatic N) is 2. The Bertz CT molecular complexity index is 637. The molecule has 7 nitrogen and oxygen atoms in total. The number of hydrogen-bond donors (Lipinski definition) is 1. The number of esters is 1. The lowest BCUT2D eigenvalue weighted by Crippen LogP contribution is -2.08. The van der Waals surface area contributed by atoms with Crippen LogP contribution in [-0.2, 0) is 4.74 Å². The highest BCUT2D eigenvalue weighted by Gasteiger charge is 2.18. The number of hydrogen-bond acceptors (Lipinski definition) is 6. The van der Waals surface area contributed by atoms with Crippen LogP contribution in [0.15, 0.2) is 24.4 Å². The fraction of sp³-hybridized carbons (Fsp3) is 0.231. The van der Waals surface area contributed by atoms with Crippen molar-refractivity contribution in [3.05, 3.63) is 30.0 Å². The Morgan fingerprint density at radius 1 is 1.25 bits per heavy atom. The van der Waals surface area contributed by atoms with E-state index in [0.29, 0.717) is 17.2 Å². The van der Waals surface area contributed by atoms with Crippen LogP contribution in [-0.4, -0.2) is 37.1 Å². The number of aromatic nitrogens is 2. The van der Waals surface area contributed by atoms with Gasteiger partial charge in [0.25, 0.3) is 0 Å². The minimum atomic E-state index is -0.546. The van der Waals surface area contributed by atoms with Gasteiger partial charge in [0, 0.05) is 6.07 Å². The Balaban J connectivity index is 2.56. The average Bonchev–Trinajstić information content (AvgIpc) is 2.87. The zero-order chi connectivity index (χ0) is 14.7. The van der Waals surface area contributed by atoms with Gasteiger partial charge in [-0.15, -0.1) is 0 Å². The second-order valence-electron chi connectivity index (χ2n) is 3.88. The third kappa shape index (κ3) is 2.25. The predicted molar refractivity (Wildman–Crippen MR) is 72.4 cm³/mol. The van der Waals surface area contributed by atoms with E-state index in [2.05, 4.69) is 9.84 Å². The van der Waals surface area contributed by atoms with Crippen LogP contribution in [0, 0.1) is 0 Å². The molecule has 2 rings (SSSR count). The van der Waals surface area contributed by atoms with E-state index < -0.39 is 5.97 Å². The van der Waals surface area contributed by atoms with Gasteiger partial charge < -0.3 is 19.9 Å². The molecule has 0 amide bonds. The maximum Gasteiger partial charge on any atom is 0.343 e. The zero-order valence-electron chi connectivity index (χ0n) is 11.4. The Morgan fingerprint density at radius 3 is 2.60 bits per heavy atom. The normalized spacial score (nSPS) is 10.2. The van der Waals surface area contributed by atoms with Crippen LogP contribution in [0.5, 0.6) is 11.5 Å². The molecule has 2 N–H and O–H groups in total. The molecule has 0 radical (unpaired) electrons. The van der Waals surface area contributed by atoms with Crippen molar-refractivity contribution in [2.45, 2.75) is 0 Å². The summed E-state index contributed by atoms with van der Waals surface area (Å²) < 4.78 is 16.5. The molecule has 0 aliphatic heterocycles. The van der Waals surface area contributed by atoms with Gasteiger partial charge in [0.2, 0.25) is 0 Å². The van der Waals surface area contributed by atoms with Crippen molar-refractivity contribution in [2.24, 2.45) is 0 Å². The Morgan fingerprint density at radius 2 is 2.00 bits per heavy atom. The van der Waals surface area contributed by atoms with Gasteiger partial charge in [0.15, 0.2) is 0 Å². The van der Waals surface area contributed by atoms with E-state index in [0.717, 1.165) is 0 Å². The summed E-state index contributed by atoms with van der Waals surface area (Å²) in [6.45, 7) is 0. The lowest BCUT2D eigenvalue weighted by Gasteiger charge is -2.11. The van der Waals surface area contributed by atoms with Crippen LogP contribution in [0.25, 0.3) is 5.69 Å². The molecular formula is C13H15N3O4. The van der Waals surface area contributed by atoms with Gasteiger partial charge in [-0.25, -0.2) is 9.48 Å². The summed E-state index contributed by atoms with van der Waals surface area (Å²) in [5, 5.41) is 4.09. The number of methoxy groups -OCH3 is 3. The maximum atomic E-state index is 11.5.